The molecule has 0 fully saturated rings. The second kappa shape index (κ2) is 7.01. The van der Waals surface area contributed by atoms with Gasteiger partial charge in [0.2, 0.25) is 5.91 Å². The SMILES string of the molecule is CCNC(=O)C(CCCN)c1ccccc1. The van der Waals surface area contributed by atoms with E-state index >= 15 is 0 Å². The van der Waals surface area contributed by atoms with Crippen molar-refractivity contribution in [3.8, 4) is 0 Å². The summed E-state index contributed by atoms with van der Waals surface area (Å²) >= 11 is 0. The molecule has 1 rings (SSSR count). The van der Waals surface area contributed by atoms with Crippen molar-refractivity contribution < 1.29 is 4.79 Å². The van der Waals surface area contributed by atoms with Crippen molar-refractivity contribution >= 4 is 5.91 Å². The maximum absolute atomic E-state index is 11.9. The number of carbonyl (C=O) groups excluding carboxylic acids is 1. The number of rotatable bonds is 6. The highest BCUT2D eigenvalue weighted by Gasteiger charge is 2.18. The Morgan fingerprint density at radius 3 is 2.62 bits per heavy atom. The van der Waals surface area contributed by atoms with Gasteiger partial charge in [0.25, 0.3) is 0 Å². The van der Waals surface area contributed by atoms with Crippen molar-refractivity contribution in [3.63, 3.8) is 0 Å². The van der Waals surface area contributed by atoms with E-state index in [2.05, 4.69) is 5.32 Å². The molecule has 1 unspecified atom stereocenters. The Hall–Kier alpha value is -1.35. The Kier molecular flexibility index (Phi) is 5.57. The Morgan fingerprint density at radius 2 is 2.06 bits per heavy atom. The molecule has 1 atom stereocenters. The van der Waals surface area contributed by atoms with Crippen LogP contribution in [0.4, 0.5) is 0 Å². The van der Waals surface area contributed by atoms with E-state index in [1.807, 2.05) is 37.3 Å². The minimum atomic E-state index is -0.0651. The molecule has 3 N–H and O–H groups in total. The zero-order valence-electron chi connectivity index (χ0n) is 9.78. The summed E-state index contributed by atoms with van der Waals surface area (Å²) in [6, 6.07) is 9.88. The molecule has 3 nitrogen and oxygen atoms in total. The zero-order valence-corrected chi connectivity index (χ0v) is 9.78. The molecule has 1 amide bonds. The maximum Gasteiger partial charge on any atom is 0.227 e. The fourth-order valence-electron chi connectivity index (χ4n) is 1.75. The van der Waals surface area contributed by atoms with Gasteiger partial charge < -0.3 is 11.1 Å². The molecule has 0 saturated carbocycles. The van der Waals surface area contributed by atoms with Gasteiger partial charge in [-0.1, -0.05) is 30.3 Å². The molecule has 0 aromatic heterocycles. The number of hydrogen-bond acceptors (Lipinski definition) is 2. The van der Waals surface area contributed by atoms with E-state index in [9.17, 15) is 4.79 Å². The van der Waals surface area contributed by atoms with Gasteiger partial charge in [-0.2, -0.15) is 0 Å². The second-order valence-corrected chi connectivity index (χ2v) is 3.79. The van der Waals surface area contributed by atoms with Crippen LogP contribution in [0.25, 0.3) is 0 Å². The maximum atomic E-state index is 11.9. The van der Waals surface area contributed by atoms with Gasteiger partial charge in [0.1, 0.15) is 0 Å². The predicted octanol–water partition coefficient (Wildman–Crippen LogP) is 1.65. The van der Waals surface area contributed by atoms with Gasteiger partial charge in [0.05, 0.1) is 5.92 Å². The van der Waals surface area contributed by atoms with Crippen molar-refractivity contribution in [1.82, 2.24) is 5.32 Å². The van der Waals surface area contributed by atoms with E-state index in [1.54, 1.807) is 0 Å². The van der Waals surface area contributed by atoms with Gasteiger partial charge in [0, 0.05) is 6.54 Å². The molecule has 0 bridgehead atoms. The van der Waals surface area contributed by atoms with Crippen LogP contribution in [0.2, 0.25) is 0 Å². The first kappa shape index (κ1) is 12.7. The van der Waals surface area contributed by atoms with E-state index in [1.165, 1.54) is 0 Å². The Bertz CT molecular complexity index is 311. The van der Waals surface area contributed by atoms with Gasteiger partial charge >= 0.3 is 0 Å². The van der Waals surface area contributed by atoms with E-state index in [0.29, 0.717) is 13.1 Å². The molecule has 16 heavy (non-hydrogen) atoms. The molecule has 1 aromatic rings. The summed E-state index contributed by atoms with van der Waals surface area (Å²) in [4.78, 5) is 11.9. The van der Waals surface area contributed by atoms with Crippen LogP contribution in [-0.4, -0.2) is 19.0 Å². The molecule has 1 aromatic carbocycles. The Labute approximate surface area is 97.0 Å². The highest BCUT2D eigenvalue weighted by atomic mass is 16.1. The molecule has 0 saturated heterocycles. The zero-order chi connectivity index (χ0) is 11.8. The van der Waals surface area contributed by atoms with E-state index in [0.717, 1.165) is 18.4 Å². The van der Waals surface area contributed by atoms with Crippen LogP contribution in [0, 0.1) is 0 Å². The lowest BCUT2D eigenvalue weighted by Crippen LogP contribution is -2.29. The molecule has 0 radical (unpaired) electrons. The highest BCUT2D eigenvalue weighted by molar-refractivity contribution is 5.83. The molecule has 0 heterocycles. The van der Waals surface area contributed by atoms with Crippen LogP contribution in [0.15, 0.2) is 30.3 Å². The third kappa shape index (κ3) is 3.66. The number of carbonyl (C=O) groups is 1. The topological polar surface area (TPSA) is 55.1 Å². The number of nitrogens with one attached hydrogen (secondary N) is 1. The van der Waals surface area contributed by atoms with Crippen LogP contribution in [0.5, 0.6) is 0 Å². The average molecular weight is 220 g/mol. The number of amides is 1. The first-order valence-corrected chi connectivity index (χ1v) is 5.82. The summed E-state index contributed by atoms with van der Waals surface area (Å²) in [5.74, 6) is 0.0341. The summed E-state index contributed by atoms with van der Waals surface area (Å²) in [6.45, 7) is 3.23. The van der Waals surface area contributed by atoms with E-state index in [-0.39, 0.29) is 11.8 Å². The van der Waals surface area contributed by atoms with Crippen molar-refractivity contribution in [2.45, 2.75) is 25.7 Å². The lowest BCUT2D eigenvalue weighted by Gasteiger charge is -2.16. The number of nitrogens with two attached hydrogens (primary N) is 1. The first-order valence-electron chi connectivity index (χ1n) is 5.82. The van der Waals surface area contributed by atoms with E-state index < -0.39 is 0 Å². The van der Waals surface area contributed by atoms with Crippen molar-refractivity contribution in [2.24, 2.45) is 5.73 Å². The second-order valence-electron chi connectivity index (χ2n) is 3.79. The molecule has 3 heteroatoms. The predicted molar refractivity (Wildman–Crippen MR) is 66.2 cm³/mol. The smallest absolute Gasteiger partial charge is 0.227 e. The average Bonchev–Trinajstić information content (AvgIpc) is 2.31. The Morgan fingerprint density at radius 1 is 1.38 bits per heavy atom. The quantitative estimate of drug-likeness (QED) is 0.766. The van der Waals surface area contributed by atoms with Crippen LogP contribution < -0.4 is 11.1 Å². The lowest BCUT2D eigenvalue weighted by atomic mass is 9.93. The monoisotopic (exact) mass is 220 g/mol. The normalized spacial score (nSPS) is 12.1. The molecular formula is C13H20N2O. The minimum Gasteiger partial charge on any atom is -0.356 e. The van der Waals surface area contributed by atoms with Crippen molar-refractivity contribution in [1.29, 1.82) is 0 Å². The summed E-state index contributed by atoms with van der Waals surface area (Å²) in [7, 11) is 0. The third-order valence-corrected chi connectivity index (χ3v) is 2.57. The molecule has 0 aliphatic carbocycles. The van der Waals surface area contributed by atoms with Crippen molar-refractivity contribution in [2.75, 3.05) is 13.1 Å². The van der Waals surface area contributed by atoms with Crippen molar-refractivity contribution in [3.05, 3.63) is 35.9 Å². The molecule has 88 valence electrons. The van der Waals surface area contributed by atoms with Gasteiger partial charge in [-0.05, 0) is 31.9 Å². The molecule has 0 spiro atoms. The summed E-state index contributed by atoms with van der Waals surface area (Å²) in [5, 5.41) is 2.87. The molecule has 0 aliphatic rings. The van der Waals surface area contributed by atoms with Gasteiger partial charge in [0.15, 0.2) is 0 Å². The van der Waals surface area contributed by atoms with Crippen LogP contribution in [-0.2, 0) is 4.79 Å². The largest absolute Gasteiger partial charge is 0.356 e. The number of hydrogen-bond donors (Lipinski definition) is 2. The highest BCUT2D eigenvalue weighted by Crippen LogP contribution is 2.20. The fourth-order valence-corrected chi connectivity index (χ4v) is 1.75. The van der Waals surface area contributed by atoms with Gasteiger partial charge in [-0.25, -0.2) is 0 Å². The minimum absolute atomic E-state index is 0.0651. The summed E-state index contributed by atoms with van der Waals surface area (Å²) in [5.41, 5.74) is 6.57. The molecule has 0 aliphatic heterocycles. The summed E-state index contributed by atoms with van der Waals surface area (Å²) in [6.07, 6.45) is 1.68. The first-order chi connectivity index (χ1) is 7.79. The summed E-state index contributed by atoms with van der Waals surface area (Å²) < 4.78 is 0. The van der Waals surface area contributed by atoms with E-state index in [4.69, 9.17) is 5.73 Å². The van der Waals surface area contributed by atoms with Gasteiger partial charge in [-0.3, -0.25) is 4.79 Å². The van der Waals surface area contributed by atoms with Gasteiger partial charge in [-0.15, -0.1) is 0 Å². The van der Waals surface area contributed by atoms with Crippen LogP contribution >= 0.6 is 0 Å². The fraction of sp³-hybridized carbons (Fsp3) is 0.462. The molecular weight excluding hydrogens is 200 g/mol. The lowest BCUT2D eigenvalue weighted by molar-refractivity contribution is -0.122. The van der Waals surface area contributed by atoms with Crippen LogP contribution in [0.3, 0.4) is 0 Å². The number of likely N-dealkylation sites (N-methyl/N-ethyl adjacent to an activating group) is 1. The standard InChI is InChI=1S/C13H20N2O/c1-2-15-13(16)12(9-6-10-14)11-7-4-3-5-8-11/h3-5,7-8,12H,2,6,9-10,14H2,1H3,(H,15,16). The third-order valence-electron chi connectivity index (χ3n) is 2.57. The Balaban J connectivity index is 2.74. The number of benzene rings is 1. The van der Waals surface area contributed by atoms with Crippen LogP contribution in [0.1, 0.15) is 31.2 Å².